The monoisotopic (exact) mass is 319 g/mol. The van der Waals surface area contributed by atoms with Crippen molar-refractivity contribution >= 4 is 27.3 Å². The first-order valence-electron chi connectivity index (χ1n) is 5.46. The maximum Gasteiger partial charge on any atom is 0.295 e. The van der Waals surface area contributed by atoms with E-state index in [0.717, 1.165) is 19.0 Å². The SMILES string of the molecule is CNCCCN(C)c1cc(Br)c(F)cc1[N+](=O)[O-]. The van der Waals surface area contributed by atoms with Crippen LogP contribution in [0.25, 0.3) is 0 Å². The zero-order valence-electron chi connectivity index (χ0n) is 10.2. The molecule has 0 saturated heterocycles. The zero-order valence-corrected chi connectivity index (χ0v) is 11.8. The number of nitro benzene ring substituents is 1. The standard InChI is InChI=1S/C11H15BrFN3O2/c1-14-4-3-5-15(2)10-6-8(12)9(13)7-11(10)16(17)18/h6-7,14H,3-5H2,1-2H3. The molecule has 0 unspecified atom stereocenters. The van der Waals surface area contributed by atoms with Crippen LogP contribution in [0, 0.1) is 15.9 Å². The van der Waals surface area contributed by atoms with Gasteiger partial charge in [-0.3, -0.25) is 10.1 Å². The number of nitrogens with one attached hydrogen (secondary N) is 1. The van der Waals surface area contributed by atoms with Crippen LogP contribution in [0.2, 0.25) is 0 Å². The van der Waals surface area contributed by atoms with Crippen LogP contribution in [-0.2, 0) is 0 Å². The topological polar surface area (TPSA) is 58.4 Å². The molecule has 1 aromatic carbocycles. The van der Waals surface area contributed by atoms with Crippen LogP contribution < -0.4 is 10.2 Å². The minimum atomic E-state index is -0.630. The van der Waals surface area contributed by atoms with E-state index in [1.165, 1.54) is 6.07 Å². The van der Waals surface area contributed by atoms with Crippen LogP contribution in [0.1, 0.15) is 6.42 Å². The van der Waals surface area contributed by atoms with Crippen molar-refractivity contribution in [3.05, 3.63) is 32.5 Å². The molecule has 7 heteroatoms. The van der Waals surface area contributed by atoms with Gasteiger partial charge in [0.1, 0.15) is 11.5 Å². The fourth-order valence-corrected chi connectivity index (χ4v) is 1.92. The van der Waals surface area contributed by atoms with Gasteiger partial charge in [-0.2, -0.15) is 0 Å². The quantitative estimate of drug-likeness (QED) is 0.497. The van der Waals surface area contributed by atoms with E-state index in [1.54, 1.807) is 11.9 Å². The maximum atomic E-state index is 13.3. The second-order valence-electron chi connectivity index (χ2n) is 3.89. The molecule has 0 atom stereocenters. The van der Waals surface area contributed by atoms with Gasteiger partial charge >= 0.3 is 0 Å². The van der Waals surface area contributed by atoms with Crippen molar-refractivity contribution in [2.45, 2.75) is 6.42 Å². The summed E-state index contributed by atoms with van der Waals surface area (Å²) in [6.45, 7) is 1.47. The summed E-state index contributed by atoms with van der Waals surface area (Å²) in [6, 6.07) is 2.38. The Balaban J connectivity index is 2.98. The molecule has 0 saturated carbocycles. The van der Waals surface area contributed by atoms with Gasteiger partial charge in [0.15, 0.2) is 0 Å². The van der Waals surface area contributed by atoms with E-state index in [9.17, 15) is 14.5 Å². The smallest absolute Gasteiger partial charge is 0.295 e. The van der Waals surface area contributed by atoms with Crippen LogP contribution >= 0.6 is 15.9 Å². The summed E-state index contributed by atoms with van der Waals surface area (Å²) < 4.78 is 13.5. The van der Waals surface area contributed by atoms with E-state index < -0.39 is 10.7 Å². The molecule has 0 amide bonds. The van der Waals surface area contributed by atoms with Crippen LogP contribution in [0.4, 0.5) is 15.8 Å². The number of hydrogen-bond donors (Lipinski definition) is 1. The Bertz CT molecular complexity index is 443. The van der Waals surface area contributed by atoms with Crippen molar-refractivity contribution in [3.63, 3.8) is 0 Å². The first-order chi connectivity index (χ1) is 8.47. The summed E-state index contributed by atoms with van der Waals surface area (Å²) >= 11 is 3.04. The second kappa shape index (κ2) is 6.65. The number of anilines is 1. The summed E-state index contributed by atoms with van der Waals surface area (Å²) in [7, 11) is 3.60. The first-order valence-corrected chi connectivity index (χ1v) is 6.26. The fraction of sp³-hybridized carbons (Fsp3) is 0.455. The number of nitrogens with zero attached hydrogens (tertiary/aromatic N) is 2. The predicted octanol–water partition coefficient (Wildman–Crippen LogP) is 2.54. The van der Waals surface area contributed by atoms with E-state index in [0.29, 0.717) is 12.2 Å². The Morgan fingerprint density at radius 1 is 1.56 bits per heavy atom. The normalized spacial score (nSPS) is 10.4. The lowest BCUT2D eigenvalue weighted by molar-refractivity contribution is -0.384. The minimum Gasteiger partial charge on any atom is -0.369 e. The summed E-state index contributed by atoms with van der Waals surface area (Å²) in [5.41, 5.74) is 0.187. The molecule has 0 aliphatic carbocycles. The number of halogens is 2. The molecule has 0 aromatic heterocycles. The molecule has 0 fully saturated rings. The van der Waals surface area contributed by atoms with Crippen LogP contribution in [0.3, 0.4) is 0 Å². The Morgan fingerprint density at radius 3 is 2.78 bits per heavy atom. The highest BCUT2D eigenvalue weighted by Crippen LogP contribution is 2.32. The van der Waals surface area contributed by atoms with Crippen molar-refractivity contribution in [2.75, 3.05) is 32.1 Å². The largest absolute Gasteiger partial charge is 0.369 e. The molecule has 100 valence electrons. The van der Waals surface area contributed by atoms with Gasteiger partial charge in [0.05, 0.1) is 15.5 Å². The molecular formula is C11H15BrFN3O2. The van der Waals surface area contributed by atoms with Gasteiger partial charge in [-0.05, 0) is 42.0 Å². The summed E-state index contributed by atoms with van der Waals surface area (Å²) in [4.78, 5) is 12.1. The van der Waals surface area contributed by atoms with Crippen molar-refractivity contribution in [1.29, 1.82) is 0 Å². The third-order valence-corrected chi connectivity index (χ3v) is 3.15. The molecule has 5 nitrogen and oxygen atoms in total. The second-order valence-corrected chi connectivity index (χ2v) is 4.75. The Morgan fingerprint density at radius 2 is 2.22 bits per heavy atom. The van der Waals surface area contributed by atoms with E-state index in [1.807, 2.05) is 7.05 Å². The molecule has 0 bridgehead atoms. The molecule has 0 aliphatic heterocycles. The van der Waals surface area contributed by atoms with Gasteiger partial charge in [-0.15, -0.1) is 0 Å². The third-order valence-electron chi connectivity index (χ3n) is 2.55. The molecular weight excluding hydrogens is 305 g/mol. The average Bonchev–Trinajstić information content (AvgIpc) is 2.32. The number of rotatable bonds is 6. The van der Waals surface area contributed by atoms with Crippen LogP contribution in [-0.4, -0.2) is 32.1 Å². The van der Waals surface area contributed by atoms with Crippen molar-refractivity contribution in [1.82, 2.24) is 5.32 Å². The summed E-state index contributed by atoms with van der Waals surface area (Å²) in [6.07, 6.45) is 0.846. The van der Waals surface area contributed by atoms with Gasteiger partial charge < -0.3 is 10.2 Å². The Hall–Kier alpha value is -1.21. The zero-order chi connectivity index (χ0) is 13.7. The highest BCUT2D eigenvalue weighted by Gasteiger charge is 2.20. The lowest BCUT2D eigenvalue weighted by Crippen LogP contribution is -2.23. The van der Waals surface area contributed by atoms with E-state index in [-0.39, 0.29) is 10.2 Å². The minimum absolute atomic E-state index is 0.220. The number of hydrogen-bond acceptors (Lipinski definition) is 4. The van der Waals surface area contributed by atoms with E-state index >= 15 is 0 Å². The van der Waals surface area contributed by atoms with Crippen LogP contribution in [0.15, 0.2) is 16.6 Å². The molecule has 18 heavy (non-hydrogen) atoms. The van der Waals surface area contributed by atoms with Crippen molar-refractivity contribution in [2.24, 2.45) is 0 Å². The number of nitro groups is 1. The summed E-state index contributed by atoms with van der Waals surface area (Å²) in [5.74, 6) is -0.630. The molecule has 0 heterocycles. The maximum absolute atomic E-state index is 13.3. The van der Waals surface area contributed by atoms with Gasteiger partial charge in [0.25, 0.3) is 5.69 Å². The molecule has 1 aromatic rings. The van der Waals surface area contributed by atoms with Gasteiger partial charge in [-0.1, -0.05) is 0 Å². The average molecular weight is 320 g/mol. The Labute approximate surface area is 113 Å². The highest BCUT2D eigenvalue weighted by molar-refractivity contribution is 9.10. The molecule has 0 radical (unpaired) electrons. The van der Waals surface area contributed by atoms with Gasteiger partial charge in [-0.25, -0.2) is 4.39 Å². The number of benzene rings is 1. The van der Waals surface area contributed by atoms with Crippen molar-refractivity contribution in [3.8, 4) is 0 Å². The van der Waals surface area contributed by atoms with Crippen molar-refractivity contribution < 1.29 is 9.31 Å². The van der Waals surface area contributed by atoms with Crippen LogP contribution in [0.5, 0.6) is 0 Å². The summed E-state index contributed by atoms with van der Waals surface area (Å²) in [5, 5.41) is 13.9. The lowest BCUT2D eigenvalue weighted by Gasteiger charge is -2.19. The van der Waals surface area contributed by atoms with E-state index in [4.69, 9.17) is 0 Å². The highest BCUT2D eigenvalue weighted by atomic mass is 79.9. The fourth-order valence-electron chi connectivity index (χ4n) is 1.59. The first kappa shape index (κ1) is 14.8. The van der Waals surface area contributed by atoms with E-state index in [2.05, 4.69) is 21.2 Å². The lowest BCUT2D eigenvalue weighted by atomic mass is 10.2. The Kier molecular flexibility index (Phi) is 5.49. The molecule has 1 rings (SSSR count). The van der Waals surface area contributed by atoms with Gasteiger partial charge in [0.2, 0.25) is 0 Å². The molecule has 0 aliphatic rings. The molecule has 1 N–H and O–H groups in total. The third kappa shape index (κ3) is 3.64. The predicted molar refractivity (Wildman–Crippen MR) is 72.6 cm³/mol. The van der Waals surface area contributed by atoms with Gasteiger partial charge in [0, 0.05) is 13.6 Å². The molecule has 0 spiro atoms.